The molecule has 5 aromatic carbocycles. The molecule has 0 saturated heterocycles. The Labute approximate surface area is 238 Å². The number of benzene rings is 5. The molecule has 0 aromatic heterocycles. The van der Waals surface area contributed by atoms with Crippen molar-refractivity contribution < 1.29 is 21.7 Å². The largest absolute Gasteiger partial charge is 1.00 e. The maximum Gasteiger partial charge on any atom is 0.126 e. The Bertz CT molecular complexity index is 1260. The molecular formula is C35H34BrOP. The van der Waals surface area contributed by atoms with E-state index in [9.17, 15) is 0 Å². The number of rotatable bonds is 11. The zero-order valence-electron chi connectivity index (χ0n) is 21.6. The Balaban J connectivity index is 0.00000336. The van der Waals surface area contributed by atoms with Gasteiger partial charge in [0.25, 0.3) is 0 Å². The predicted octanol–water partition coefficient (Wildman–Crippen LogP) is 4.59. The zero-order valence-corrected chi connectivity index (χ0v) is 24.1. The van der Waals surface area contributed by atoms with Gasteiger partial charge in [0.15, 0.2) is 0 Å². The summed E-state index contributed by atoms with van der Waals surface area (Å²) in [6.07, 6.45) is 4.18. The third-order valence-corrected chi connectivity index (χ3v) is 11.3. The van der Waals surface area contributed by atoms with Crippen LogP contribution in [0.5, 0.6) is 5.75 Å². The lowest BCUT2D eigenvalue weighted by Gasteiger charge is -2.28. The van der Waals surface area contributed by atoms with Crippen LogP contribution in [-0.2, 0) is 12.6 Å². The van der Waals surface area contributed by atoms with Crippen LogP contribution >= 0.6 is 7.26 Å². The van der Waals surface area contributed by atoms with E-state index < -0.39 is 7.26 Å². The molecule has 0 N–H and O–H groups in total. The van der Waals surface area contributed by atoms with Crippen molar-refractivity contribution in [3.8, 4) is 5.75 Å². The Morgan fingerprint density at radius 3 is 1.45 bits per heavy atom. The molecule has 0 aliphatic carbocycles. The molecule has 192 valence electrons. The standard InChI is InChI=1S/C35H34OP.BrH/c1-5-17-30(18-6-1)19-15-16-28-36-35-27-14-13-20-31(35)29-37(32-21-7-2-8-22-32,33-23-9-3-10-24-33)34-25-11-4-12-26-34;/h1-14,17-18,20-27H,15-16,19,28-29H2;1H/q+1;/p-1. The van der Waals surface area contributed by atoms with Crippen molar-refractivity contribution in [2.45, 2.75) is 25.4 Å². The lowest BCUT2D eigenvalue weighted by molar-refractivity contribution is -0.00000768. The summed E-state index contributed by atoms with van der Waals surface area (Å²) in [5, 5.41) is 4.18. The fourth-order valence-electron chi connectivity index (χ4n) is 5.06. The van der Waals surface area contributed by atoms with Crippen LogP contribution in [0.25, 0.3) is 0 Å². The first-order chi connectivity index (χ1) is 18.4. The van der Waals surface area contributed by atoms with Gasteiger partial charge in [-0.2, -0.15) is 0 Å². The predicted molar refractivity (Wildman–Crippen MR) is 160 cm³/mol. The second-order valence-corrected chi connectivity index (χ2v) is 12.9. The molecular weight excluding hydrogens is 547 g/mol. The number of hydrogen-bond acceptors (Lipinski definition) is 1. The van der Waals surface area contributed by atoms with E-state index in [0.717, 1.165) is 37.8 Å². The van der Waals surface area contributed by atoms with Crippen LogP contribution in [0.2, 0.25) is 0 Å². The Kier molecular flexibility index (Phi) is 10.3. The van der Waals surface area contributed by atoms with Crippen molar-refractivity contribution in [1.82, 2.24) is 0 Å². The van der Waals surface area contributed by atoms with E-state index in [-0.39, 0.29) is 17.0 Å². The summed E-state index contributed by atoms with van der Waals surface area (Å²) in [5.41, 5.74) is 2.67. The van der Waals surface area contributed by atoms with Gasteiger partial charge in [-0.05, 0) is 67.3 Å². The minimum atomic E-state index is -1.97. The van der Waals surface area contributed by atoms with E-state index >= 15 is 0 Å². The summed E-state index contributed by atoms with van der Waals surface area (Å²) >= 11 is 0. The molecule has 0 bridgehead atoms. The van der Waals surface area contributed by atoms with Crippen LogP contribution in [0, 0.1) is 0 Å². The molecule has 5 rings (SSSR count). The number of unbranched alkanes of at least 4 members (excludes halogenated alkanes) is 1. The first-order valence-electron chi connectivity index (χ1n) is 13.2. The van der Waals surface area contributed by atoms with Gasteiger partial charge < -0.3 is 21.7 Å². The highest BCUT2D eigenvalue weighted by molar-refractivity contribution is 7.95. The van der Waals surface area contributed by atoms with Crippen LogP contribution < -0.4 is 37.6 Å². The highest BCUT2D eigenvalue weighted by atomic mass is 79.9. The number of ether oxygens (including phenoxy) is 1. The zero-order chi connectivity index (χ0) is 25.2. The summed E-state index contributed by atoms with van der Waals surface area (Å²) in [5.74, 6) is 1.01. The molecule has 0 spiro atoms. The minimum Gasteiger partial charge on any atom is -1.00 e. The van der Waals surface area contributed by atoms with Crippen LogP contribution in [0.4, 0.5) is 0 Å². The van der Waals surface area contributed by atoms with E-state index in [1.165, 1.54) is 27.0 Å². The number of halogens is 1. The molecule has 5 aromatic rings. The molecule has 38 heavy (non-hydrogen) atoms. The SMILES string of the molecule is [Br-].c1ccc(CCCCOc2ccccc2C[P+](c2ccccc2)(c2ccccc2)c2ccccc2)cc1. The lowest BCUT2D eigenvalue weighted by Crippen LogP contribution is -3.00. The van der Waals surface area contributed by atoms with Gasteiger partial charge >= 0.3 is 0 Å². The van der Waals surface area contributed by atoms with Crippen molar-refractivity contribution in [2.75, 3.05) is 6.61 Å². The molecule has 0 saturated carbocycles. The van der Waals surface area contributed by atoms with E-state index in [1.54, 1.807) is 0 Å². The summed E-state index contributed by atoms with van der Waals surface area (Å²) in [4.78, 5) is 0. The second kappa shape index (κ2) is 14.1. The van der Waals surface area contributed by atoms with Crippen molar-refractivity contribution >= 4 is 23.2 Å². The molecule has 3 heteroatoms. The average Bonchev–Trinajstić information content (AvgIpc) is 2.98. The quantitative estimate of drug-likeness (QED) is 0.164. The highest BCUT2D eigenvalue weighted by Crippen LogP contribution is 2.58. The fourth-order valence-corrected chi connectivity index (χ4v) is 9.31. The van der Waals surface area contributed by atoms with Crippen molar-refractivity contribution in [3.05, 3.63) is 157 Å². The summed E-state index contributed by atoms with van der Waals surface area (Å²) in [6.45, 7) is 0.733. The molecule has 0 amide bonds. The van der Waals surface area contributed by atoms with Gasteiger partial charge in [-0.15, -0.1) is 0 Å². The highest BCUT2D eigenvalue weighted by Gasteiger charge is 2.45. The molecule has 0 aliphatic heterocycles. The number of aryl methyl sites for hydroxylation is 1. The van der Waals surface area contributed by atoms with Crippen LogP contribution in [0.15, 0.2) is 146 Å². The third kappa shape index (κ3) is 6.62. The minimum absolute atomic E-state index is 0. The number of hydrogen-bond donors (Lipinski definition) is 0. The van der Waals surface area contributed by atoms with Gasteiger partial charge in [0.05, 0.1) is 6.61 Å². The maximum absolute atomic E-state index is 6.45. The topological polar surface area (TPSA) is 9.23 Å². The van der Waals surface area contributed by atoms with Gasteiger partial charge in [-0.3, -0.25) is 0 Å². The first kappa shape index (κ1) is 27.8. The van der Waals surface area contributed by atoms with E-state index in [1.807, 2.05) is 0 Å². The van der Waals surface area contributed by atoms with Gasteiger partial charge in [0.2, 0.25) is 0 Å². The Hall–Kier alpha value is -3.19. The monoisotopic (exact) mass is 580 g/mol. The Morgan fingerprint density at radius 1 is 0.474 bits per heavy atom. The van der Waals surface area contributed by atoms with E-state index in [0.29, 0.717) is 0 Å². The van der Waals surface area contributed by atoms with Gasteiger partial charge in [0, 0.05) is 5.56 Å². The smallest absolute Gasteiger partial charge is 0.126 e. The molecule has 0 aliphatic rings. The van der Waals surface area contributed by atoms with Gasteiger partial charge in [-0.1, -0.05) is 103 Å². The van der Waals surface area contributed by atoms with Gasteiger partial charge in [0.1, 0.15) is 35.1 Å². The normalized spacial score (nSPS) is 10.9. The molecule has 0 unspecified atom stereocenters. The first-order valence-corrected chi connectivity index (χ1v) is 15.1. The van der Waals surface area contributed by atoms with Crippen LogP contribution in [-0.4, -0.2) is 6.61 Å². The molecule has 0 radical (unpaired) electrons. The molecule has 0 fully saturated rings. The van der Waals surface area contributed by atoms with E-state index in [2.05, 4.69) is 146 Å². The summed E-state index contributed by atoms with van der Waals surface area (Å²) in [6, 6.07) is 52.6. The molecule has 1 nitrogen and oxygen atoms in total. The second-order valence-electron chi connectivity index (χ2n) is 9.37. The van der Waals surface area contributed by atoms with Crippen molar-refractivity contribution in [2.24, 2.45) is 0 Å². The van der Waals surface area contributed by atoms with Crippen LogP contribution in [0.3, 0.4) is 0 Å². The van der Waals surface area contributed by atoms with Crippen molar-refractivity contribution in [3.63, 3.8) is 0 Å². The third-order valence-electron chi connectivity index (χ3n) is 6.93. The van der Waals surface area contributed by atoms with E-state index in [4.69, 9.17) is 4.74 Å². The lowest BCUT2D eigenvalue weighted by atomic mass is 10.1. The number of para-hydroxylation sites is 1. The molecule has 0 atom stereocenters. The van der Waals surface area contributed by atoms with Crippen molar-refractivity contribution in [1.29, 1.82) is 0 Å². The maximum atomic E-state index is 6.45. The summed E-state index contributed by atoms with van der Waals surface area (Å²) < 4.78 is 6.45. The molecule has 0 heterocycles. The average molecular weight is 582 g/mol. The van der Waals surface area contributed by atoms with Crippen LogP contribution in [0.1, 0.15) is 24.0 Å². The van der Waals surface area contributed by atoms with Gasteiger partial charge in [-0.25, -0.2) is 0 Å². The fraction of sp³-hybridized carbons (Fsp3) is 0.143. The Morgan fingerprint density at radius 2 is 0.921 bits per heavy atom. The summed E-state index contributed by atoms with van der Waals surface area (Å²) in [7, 11) is -1.97.